The fourth-order valence-electron chi connectivity index (χ4n) is 3.31. The molecule has 2 aromatic rings. The zero-order valence-corrected chi connectivity index (χ0v) is 10.7. The Bertz CT molecular complexity index is 659. The van der Waals surface area contributed by atoms with Crippen LogP contribution in [0.2, 0.25) is 0 Å². The lowest BCUT2D eigenvalue weighted by Crippen LogP contribution is -2.48. The van der Waals surface area contributed by atoms with Crippen LogP contribution in [0, 0.1) is 0 Å². The summed E-state index contributed by atoms with van der Waals surface area (Å²) in [6.07, 6.45) is 0. The predicted molar refractivity (Wildman–Crippen MR) is 71.8 cm³/mol. The van der Waals surface area contributed by atoms with Crippen LogP contribution in [0.3, 0.4) is 0 Å². The van der Waals surface area contributed by atoms with Crippen molar-refractivity contribution in [3.05, 3.63) is 65.7 Å². The first-order valence-corrected chi connectivity index (χ1v) is 6.62. The molecule has 0 aliphatic carbocycles. The number of hydrogen-bond acceptors (Lipinski definition) is 2. The van der Waals surface area contributed by atoms with E-state index in [4.69, 9.17) is 4.74 Å². The van der Waals surface area contributed by atoms with Crippen LogP contribution in [0.1, 0.15) is 11.1 Å². The number of para-hydroxylation sites is 1. The minimum atomic E-state index is -3.07. The Morgan fingerprint density at radius 3 is 2.45 bits per heavy atom. The predicted octanol–water partition coefficient (Wildman–Crippen LogP) is 3.48. The standard InChI is InChI=1S/C16H13F2NO/c17-15(18)13-8-4-5-9-14(13)19-10-11-20-16(15,19)12-6-2-1-3-7-12/h1-9H,10-11H2. The molecule has 2 aliphatic rings. The SMILES string of the molecule is FC1(F)c2ccccc2N2CCOC21c1ccccc1. The zero-order valence-electron chi connectivity index (χ0n) is 10.7. The Morgan fingerprint density at radius 1 is 0.950 bits per heavy atom. The summed E-state index contributed by atoms with van der Waals surface area (Å²) in [6, 6.07) is 15.4. The Hall–Kier alpha value is -1.94. The van der Waals surface area contributed by atoms with Crippen LogP contribution in [0.25, 0.3) is 0 Å². The number of hydrogen-bond donors (Lipinski definition) is 0. The molecule has 102 valence electrons. The highest BCUT2D eigenvalue weighted by Crippen LogP contribution is 2.60. The molecule has 2 heterocycles. The van der Waals surface area contributed by atoms with Gasteiger partial charge in [-0.15, -0.1) is 0 Å². The van der Waals surface area contributed by atoms with E-state index in [1.165, 1.54) is 6.07 Å². The van der Waals surface area contributed by atoms with Gasteiger partial charge in [-0.05, 0) is 6.07 Å². The van der Waals surface area contributed by atoms with Gasteiger partial charge >= 0.3 is 5.92 Å². The number of nitrogens with zero attached hydrogens (tertiary/aromatic N) is 1. The molecular weight excluding hydrogens is 260 g/mol. The quantitative estimate of drug-likeness (QED) is 0.788. The van der Waals surface area contributed by atoms with Gasteiger partial charge in [0.05, 0.1) is 6.61 Å². The third kappa shape index (κ3) is 1.20. The van der Waals surface area contributed by atoms with Crippen LogP contribution in [0.5, 0.6) is 0 Å². The number of anilines is 1. The van der Waals surface area contributed by atoms with Gasteiger partial charge < -0.3 is 9.64 Å². The summed E-state index contributed by atoms with van der Waals surface area (Å²) in [4.78, 5) is 1.69. The van der Waals surface area contributed by atoms with Crippen molar-refractivity contribution in [2.45, 2.75) is 11.6 Å². The number of alkyl halides is 2. The third-order valence-corrected chi connectivity index (χ3v) is 4.13. The number of fused-ring (bicyclic) bond motifs is 3. The van der Waals surface area contributed by atoms with Crippen LogP contribution in [-0.2, 0) is 16.4 Å². The highest BCUT2D eigenvalue weighted by molar-refractivity contribution is 5.66. The zero-order chi connectivity index (χ0) is 13.8. The van der Waals surface area contributed by atoms with Crippen molar-refractivity contribution < 1.29 is 13.5 Å². The Morgan fingerprint density at radius 2 is 1.65 bits per heavy atom. The smallest absolute Gasteiger partial charge is 0.326 e. The third-order valence-electron chi connectivity index (χ3n) is 4.13. The largest absolute Gasteiger partial charge is 0.344 e. The van der Waals surface area contributed by atoms with E-state index < -0.39 is 11.6 Å². The average Bonchev–Trinajstić information content (AvgIpc) is 3.00. The van der Waals surface area contributed by atoms with Crippen LogP contribution >= 0.6 is 0 Å². The van der Waals surface area contributed by atoms with Crippen molar-refractivity contribution in [2.75, 3.05) is 18.1 Å². The van der Waals surface area contributed by atoms with E-state index in [2.05, 4.69) is 0 Å². The summed E-state index contributed by atoms with van der Waals surface area (Å²) < 4.78 is 35.8. The second-order valence-electron chi connectivity index (χ2n) is 5.10. The van der Waals surface area contributed by atoms with Gasteiger partial charge in [0.2, 0.25) is 5.72 Å². The first-order chi connectivity index (χ1) is 9.68. The van der Waals surface area contributed by atoms with Crippen molar-refractivity contribution in [3.63, 3.8) is 0 Å². The minimum Gasteiger partial charge on any atom is -0.344 e. The van der Waals surface area contributed by atoms with Crippen LogP contribution < -0.4 is 4.90 Å². The molecule has 0 bridgehead atoms. The molecule has 0 aromatic heterocycles. The fourth-order valence-corrected chi connectivity index (χ4v) is 3.31. The van der Waals surface area contributed by atoms with E-state index in [1.54, 1.807) is 47.4 Å². The van der Waals surface area contributed by atoms with E-state index in [0.29, 0.717) is 24.4 Å². The molecule has 0 N–H and O–H groups in total. The lowest BCUT2D eigenvalue weighted by molar-refractivity contribution is -0.190. The molecule has 1 unspecified atom stereocenters. The van der Waals surface area contributed by atoms with Gasteiger partial charge in [-0.3, -0.25) is 0 Å². The first-order valence-electron chi connectivity index (χ1n) is 6.62. The van der Waals surface area contributed by atoms with Gasteiger partial charge in [-0.1, -0.05) is 48.5 Å². The molecule has 2 aromatic carbocycles. The molecule has 1 atom stereocenters. The lowest BCUT2D eigenvalue weighted by Gasteiger charge is -2.36. The molecule has 4 heteroatoms. The number of halogens is 2. The molecule has 0 spiro atoms. The van der Waals surface area contributed by atoms with Gasteiger partial charge in [0, 0.05) is 23.4 Å². The number of benzene rings is 2. The maximum Gasteiger partial charge on any atom is 0.326 e. The van der Waals surface area contributed by atoms with Gasteiger partial charge in [0.15, 0.2) is 0 Å². The Kier molecular flexibility index (Phi) is 2.25. The molecule has 0 amide bonds. The second-order valence-corrected chi connectivity index (χ2v) is 5.10. The Balaban J connectivity index is 2.00. The molecule has 2 aliphatic heterocycles. The van der Waals surface area contributed by atoms with Crippen molar-refractivity contribution >= 4 is 5.69 Å². The first kappa shape index (κ1) is 11.9. The monoisotopic (exact) mass is 273 g/mol. The summed E-state index contributed by atoms with van der Waals surface area (Å²) in [6.45, 7) is 0.778. The summed E-state index contributed by atoms with van der Waals surface area (Å²) >= 11 is 0. The summed E-state index contributed by atoms with van der Waals surface area (Å²) in [5.41, 5.74) is -0.584. The average molecular weight is 273 g/mol. The van der Waals surface area contributed by atoms with Crippen molar-refractivity contribution in [1.82, 2.24) is 0 Å². The maximum absolute atomic E-state index is 15.1. The Labute approximate surface area is 115 Å². The molecule has 0 radical (unpaired) electrons. The van der Waals surface area contributed by atoms with Crippen molar-refractivity contribution in [2.24, 2.45) is 0 Å². The van der Waals surface area contributed by atoms with Crippen molar-refractivity contribution in [3.8, 4) is 0 Å². The van der Waals surface area contributed by atoms with E-state index in [0.717, 1.165) is 0 Å². The molecule has 20 heavy (non-hydrogen) atoms. The fraction of sp³-hybridized carbons (Fsp3) is 0.250. The normalized spacial score (nSPS) is 26.4. The summed E-state index contributed by atoms with van der Waals surface area (Å²) in [5.74, 6) is -3.07. The van der Waals surface area contributed by atoms with Crippen LogP contribution in [-0.4, -0.2) is 13.2 Å². The molecule has 1 fully saturated rings. The number of ether oxygens (including phenoxy) is 1. The van der Waals surface area contributed by atoms with E-state index >= 15 is 8.78 Å². The molecule has 0 saturated carbocycles. The van der Waals surface area contributed by atoms with Crippen LogP contribution in [0.15, 0.2) is 54.6 Å². The van der Waals surface area contributed by atoms with Gasteiger partial charge in [0.1, 0.15) is 0 Å². The van der Waals surface area contributed by atoms with E-state index in [-0.39, 0.29) is 5.56 Å². The summed E-state index contributed by atoms with van der Waals surface area (Å²) in [7, 11) is 0. The lowest BCUT2D eigenvalue weighted by atomic mass is 9.94. The van der Waals surface area contributed by atoms with E-state index in [9.17, 15) is 0 Å². The highest BCUT2D eigenvalue weighted by atomic mass is 19.3. The van der Waals surface area contributed by atoms with Gasteiger partial charge in [-0.25, -0.2) is 0 Å². The molecular formula is C16H13F2NO. The minimum absolute atomic E-state index is 0.0450. The van der Waals surface area contributed by atoms with Gasteiger partial charge in [0.25, 0.3) is 0 Å². The number of rotatable bonds is 1. The van der Waals surface area contributed by atoms with Crippen molar-refractivity contribution in [1.29, 1.82) is 0 Å². The second kappa shape index (κ2) is 3.79. The summed E-state index contributed by atoms with van der Waals surface area (Å²) in [5, 5.41) is 0. The highest BCUT2D eigenvalue weighted by Gasteiger charge is 2.68. The molecule has 4 rings (SSSR count). The molecule has 2 nitrogen and oxygen atoms in total. The van der Waals surface area contributed by atoms with E-state index in [1.807, 2.05) is 6.07 Å². The topological polar surface area (TPSA) is 12.5 Å². The van der Waals surface area contributed by atoms with Crippen LogP contribution in [0.4, 0.5) is 14.5 Å². The van der Waals surface area contributed by atoms with Gasteiger partial charge in [-0.2, -0.15) is 8.78 Å². The maximum atomic E-state index is 15.1. The molecule has 1 saturated heterocycles.